The topological polar surface area (TPSA) is 148 Å². The SMILES string of the molecule is NC(=O)Nc1sc(-c2cccc(CO)c2)cc1C(=O)OC1CCCCN(C(N)=O)C1. The van der Waals surface area contributed by atoms with E-state index in [1.165, 1.54) is 16.2 Å². The van der Waals surface area contributed by atoms with E-state index in [0.717, 1.165) is 24.0 Å². The Bertz CT molecular complexity index is 945. The highest BCUT2D eigenvalue weighted by atomic mass is 32.1. The number of carbonyl (C=O) groups is 3. The number of nitrogens with zero attached hydrogens (tertiary/aromatic N) is 1. The number of ether oxygens (including phenoxy) is 1. The molecule has 2 heterocycles. The summed E-state index contributed by atoms with van der Waals surface area (Å²) >= 11 is 1.18. The van der Waals surface area contributed by atoms with Gasteiger partial charge >= 0.3 is 18.0 Å². The summed E-state index contributed by atoms with van der Waals surface area (Å²) in [6.45, 7) is 0.648. The lowest BCUT2D eigenvalue weighted by molar-refractivity contribution is 0.0242. The molecule has 1 aromatic heterocycles. The van der Waals surface area contributed by atoms with Crippen LogP contribution in [0.3, 0.4) is 0 Å². The summed E-state index contributed by atoms with van der Waals surface area (Å²) in [4.78, 5) is 38.0. The van der Waals surface area contributed by atoms with Gasteiger partial charge in [0, 0.05) is 11.4 Å². The van der Waals surface area contributed by atoms with Gasteiger partial charge in [-0.1, -0.05) is 18.2 Å². The van der Waals surface area contributed by atoms with Gasteiger partial charge in [0.15, 0.2) is 0 Å². The lowest BCUT2D eigenvalue weighted by Gasteiger charge is -2.22. The highest BCUT2D eigenvalue weighted by Crippen LogP contribution is 2.36. The number of aliphatic hydroxyl groups is 1. The molecule has 1 aliphatic rings. The fraction of sp³-hybridized carbons (Fsp3) is 0.350. The molecule has 0 saturated carbocycles. The maximum atomic E-state index is 12.9. The Hall–Kier alpha value is -3.11. The number of rotatable bonds is 5. The third-order valence-corrected chi connectivity index (χ3v) is 5.90. The number of amides is 4. The summed E-state index contributed by atoms with van der Waals surface area (Å²) < 4.78 is 5.64. The Morgan fingerprint density at radius 1 is 1.23 bits per heavy atom. The molecule has 1 saturated heterocycles. The zero-order valence-electron chi connectivity index (χ0n) is 16.3. The van der Waals surface area contributed by atoms with Crippen LogP contribution < -0.4 is 16.8 Å². The number of likely N-dealkylation sites (tertiary alicyclic amines) is 1. The average molecular weight is 433 g/mol. The van der Waals surface area contributed by atoms with Crippen LogP contribution in [0.15, 0.2) is 30.3 Å². The van der Waals surface area contributed by atoms with Crippen LogP contribution in [0.5, 0.6) is 0 Å². The first-order valence-corrected chi connectivity index (χ1v) is 10.3. The first-order chi connectivity index (χ1) is 14.4. The van der Waals surface area contributed by atoms with Gasteiger partial charge in [-0.3, -0.25) is 5.32 Å². The summed E-state index contributed by atoms with van der Waals surface area (Å²) in [6.07, 6.45) is 1.71. The zero-order chi connectivity index (χ0) is 21.7. The van der Waals surface area contributed by atoms with Crippen molar-refractivity contribution in [2.75, 3.05) is 18.4 Å². The highest BCUT2D eigenvalue weighted by molar-refractivity contribution is 7.20. The third kappa shape index (κ3) is 5.28. The number of carbonyl (C=O) groups excluding carboxylic acids is 3. The predicted octanol–water partition coefficient (Wildman–Crippen LogP) is 2.49. The van der Waals surface area contributed by atoms with E-state index in [1.54, 1.807) is 24.3 Å². The van der Waals surface area contributed by atoms with Gasteiger partial charge in [0.25, 0.3) is 0 Å². The number of primary amides is 2. The fourth-order valence-electron chi connectivity index (χ4n) is 3.33. The molecule has 0 aliphatic carbocycles. The fourth-order valence-corrected chi connectivity index (χ4v) is 4.37. The number of benzene rings is 1. The number of anilines is 1. The normalized spacial score (nSPS) is 16.6. The van der Waals surface area contributed by atoms with Crippen molar-refractivity contribution in [1.29, 1.82) is 0 Å². The van der Waals surface area contributed by atoms with Gasteiger partial charge in [-0.05, 0) is 42.5 Å². The number of hydrogen-bond donors (Lipinski definition) is 4. The lowest BCUT2D eigenvalue weighted by Crippen LogP contribution is -2.41. The van der Waals surface area contributed by atoms with Crippen LogP contribution in [0.25, 0.3) is 10.4 Å². The van der Waals surface area contributed by atoms with Crippen LogP contribution in [0, 0.1) is 0 Å². The molecule has 160 valence electrons. The first kappa shape index (κ1) is 21.6. The molecule has 3 rings (SSSR count). The van der Waals surface area contributed by atoms with E-state index >= 15 is 0 Å². The molecule has 1 atom stereocenters. The van der Waals surface area contributed by atoms with Gasteiger partial charge in [-0.2, -0.15) is 0 Å². The summed E-state index contributed by atoms with van der Waals surface area (Å²) in [5.41, 5.74) is 12.3. The van der Waals surface area contributed by atoms with Gasteiger partial charge in [0.1, 0.15) is 11.1 Å². The van der Waals surface area contributed by atoms with Crippen LogP contribution in [0.4, 0.5) is 14.6 Å². The van der Waals surface area contributed by atoms with Crippen LogP contribution in [0.1, 0.15) is 35.2 Å². The van der Waals surface area contributed by atoms with Gasteiger partial charge in [-0.25, -0.2) is 14.4 Å². The second kappa shape index (κ2) is 9.59. The van der Waals surface area contributed by atoms with Crippen molar-refractivity contribution in [3.8, 4) is 10.4 Å². The Morgan fingerprint density at radius 3 is 2.73 bits per heavy atom. The number of aliphatic hydroxyl groups excluding tert-OH is 1. The third-order valence-electron chi connectivity index (χ3n) is 4.80. The highest BCUT2D eigenvalue weighted by Gasteiger charge is 2.26. The molecule has 30 heavy (non-hydrogen) atoms. The quantitative estimate of drug-likeness (QED) is 0.536. The minimum atomic E-state index is -0.795. The second-order valence-corrected chi connectivity index (χ2v) is 8.06. The molecule has 1 aliphatic heterocycles. The Balaban J connectivity index is 1.85. The average Bonchev–Trinajstić information content (AvgIpc) is 2.98. The molecule has 2 aromatic rings. The molecular weight excluding hydrogens is 408 g/mol. The molecule has 10 heteroatoms. The summed E-state index contributed by atoms with van der Waals surface area (Å²) in [7, 11) is 0. The van der Waals surface area contributed by atoms with E-state index in [0.29, 0.717) is 17.8 Å². The molecule has 9 nitrogen and oxygen atoms in total. The van der Waals surface area contributed by atoms with Gasteiger partial charge in [0.05, 0.1) is 18.7 Å². The molecule has 0 bridgehead atoms. The van der Waals surface area contributed by atoms with Crippen molar-refractivity contribution in [3.05, 3.63) is 41.5 Å². The van der Waals surface area contributed by atoms with Crippen molar-refractivity contribution in [1.82, 2.24) is 4.90 Å². The van der Waals surface area contributed by atoms with E-state index < -0.39 is 24.1 Å². The standard InChI is InChI=1S/C20H24N4O5S/c21-19(27)23-17-15(9-16(30-17)13-5-3-4-12(8-13)11-25)18(26)29-14-6-1-2-7-24(10-14)20(22)28/h3-5,8-9,14,25H,1-2,6-7,10-11H2,(H2,22,28)(H3,21,23,27). The van der Waals surface area contributed by atoms with Crippen LogP contribution in [-0.2, 0) is 11.3 Å². The maximum Gasteiger partial charge on any atom is 0.341 e. The van der Waals surface area contributed by atoms with Crippen LogP contribution in [-0.4, -0.2) is 47.2 Å². The van der Waals surface area contributed by atoms with Crippen molar-refractivity contribution in [3.63, 3.8) is 0 Å². The Kier molecular flexibility index (Phi) is 6.91. The van der Waals surface area contributed by atoms with E-state index in [9.17, 15) is 19.5 Å². The van der Waals surface area contributed by atoms with Gasteiger partial charge < -0.3 is 26.2 Å². The number of hydrogen-bond acceptors (Lipinski definition) is 6. The molecule has 4 amide bonds. The number of nitrogens with two attached hydrogens (primary N) is 2. The van der Waals surface area contributed by atoms with E-state index in [1.807, 2.05) is 6.07 Å². The van der Waals surface area contributed by atoms with E-state index in [2.05, 4.69) is 5.32 Å². The minimum Gasteiger partial charge on any atom is -0.457 e. The van der Waals surface area contributed by atoms with E-state index in [-0.39, 0.29) is 23.7 Å². The van der Waals surface area contributed by atoms with Gasteiger partial charge in [0.2, 0.25) is 0 Å². The molecule has 1 fully saturated rings. The minimum absolute atomic E-state index is 0.113. The Morgan fingerprint density at radius 2 is 2.03 bits per heavy atom. The number of thiophene rings is 1. The lowest BCUT2D eigenvalue weighted by atomic mass is 10.1. The van der Waals surface area contributed by atoms with E-state index in [4.69, 9.17) is 16.2 Å². The molecule has 6 N–H and O–H groups in total. The second-order valence-electron chi connectivity index (χ2n) is 7.01. The van der Waals surface area contributed by atoms with Crippen LogP contribution in [0.2, 0.25) is 0 Å². The monoisotopic (exact) mass is 432 g/mol. The first-order valence-electron chi connectivity index (χ1n) is 9.53. The summed E-state index contributed by atoms with van der Waals surface area (Å²) in [6, 6.07) is 7.49. The zero-order valence-corrected chi connectivity index (χ0v) is 17.1. The van der Waals surface area contributed by atoms with Crippen molar-refractivity contribution < 1.29 is 24.2 Å². The smallest absolute Gasteiger partial charge is 0.341 e. The molecule has 0 radical (unpaired) electrons. The summed E-state index contributed by atoms with van der Waals surface area (Å²) in [5.74, 6) is -0.615. The van der Waals surface area contributed by atoms with Gasteiger partial charge in [-0.15, -0.1) is 11.3 Å². The van der Waals surface area contributed by atoms with Crippen molar-refractivity contribution in [2.24, 2.45) is 11.5 Å². The number of esters is 1. The number of nitrogens with one attached hydrogen (secondary N) is 1. The molecule has 1 unspecified atom stereocenters. The number of urea groups is 2. The molecular formula is C20H24N4O5S. The summed E-state index contributed by atoms with van der Waals surface area (Å²) in [5, 5.41) is 12.1. The van der Waals surface area contributed by atoms with Crippen LogP contribution >= 0.6 is 11.3 Å². The van der Waals surface area contributed by atoms with Crippen molar-refractivity contribution >= 4 is 34.4 Å². The molecule has 1 aromatic carbocycles. The largest absolute Gasteiger partial charge is 0.457 e. The Labute approximate surface area is 177 Å². The predicted molar refractivity (Wildman–Crippen MR) is 113 cm³/mol. The van der Waals surface area contributed by atoms with Crippen molar-refractivity contribution in [2.45, 2.75) is 32.0 Å². The maximum absolute atomic E-state index is 12.9. The molecule has 0 spiro atoms.